The highest BCUT2D eigenvalue weighted by atomic mass is 19.4. The Morgan fingerprint density at radius 2 is 1.59 bits per heavy atom. The molecule has 0 aromatic heterocycles. The van der Waals surface area contributed by atoms with Gasteiger partial charge in [-0.1, -0.05) is 82.5 Å². The van der Waals surface area contributed by atoms with Crippen LogP contribution in [0.1, 0.15) is 73.5 Å². The first kappa shape index (κ1) is 29.9. The van der Waals surface area contributed by atoms with Crippen LogP contribution in [0.2, 0.25) is 0 Å². The SMILES string of the molecule is C=C(NC1c2ccccc2N=C(c2ccccc2C(F)(F)F)N1C)c1cc(F)cc(F)c1C.CCCCCC. The molecule has 3 nitrogen and oxygen atoms in total. The third-order valence-electron chi connectivity index (χ3n) is 6.55. The van der Waals surface area contributed by atoms with Crippen LogP contribution in [0.15, 0.2) is 72.2 Å². The van der Waals surface area contributed by atoms with E-state index < -0.39 is 29.5 Å². The van der Waals surface area contributed by atoms with Crippen molar-refractivity contribution in [3.8, 4) is 0 Å². The molecule has 3 aromatic carbocycles. The lowest BCUT2D eigenvalue weighted by atomic mass is 10.00. The summed E-state index contributed by atoms with van der Waals surface area (Å²) < 4.78 is 69.0. The number of halogens is 5. The van der Waals surface area contributed by atoms with Crippen molar-refractivity contribution in [2.24, 2.45) is 4.99 Å². The summed E-state index contributed by atoms with van der Waals surface area (Å²) in [5.41, 5.74) is 0.944. The van der Waals surface area contributed by atoms with Crippen LogP contribution in [0.25, 0.3) is 5.70 Å². The predicted octanol–water partition coefficient (Wildman–Crippen LogP) is 9.16. The molecule has 1 heterocycles. The van der Waals surface area contributed by atoms with Crippen LogP contribution in [-0.2, 0) is 6.18 Å². The van der Waals surface area contributed by atoms with E-state index in [1.165, 1.54) is 50.8 Å². The van der Waals surface area contributed by atoms with Crippen LogP contribution in [-0.4, -0.2) is 17.8 Å². The number of hydrogen-bond donors (Lipinski definition) is 1. The van der Waals surface area contributed by atoms with Crippen molar-refractivity contribution in [2.45, 2.75) is 58.8 Å². The van der Waals surface area contributed by atoms with Gasteiger partial charge in [-0.2, -0.15) is 13.2 Å². The molecule has 0 radical (unpaired) electrons. The van der Waals surface area contributed by atoms with Gasteiger partial charge in [0.25, 0.3) is 0 Å². The maximum Gasteiger partial charge on any atom is 0.417 e. The van der Waals surface area contributed by atoms with Crippen molar-refractivity contribution in [1.82, 2.24) is 10.2 Å². The van der Waals surface area contributed by atoms with E-state index >= 15 is 0 Å². The van der Waals surface area contributed by atoms with Crippen molar-refractivity contribution < 1.29 is 22.0 Å². The maximum atomic E-state index is 14.1. The first-order valence-corrected chi connectivity index (χ1v) is 13.0. The van der Waals surface area contributed by atoms with Gasteiger partial charge in [0.1, 0.15) is 23.6 Å². The Labute approximate surface area is 227 Å². The van der Waals surface area contributed by atoms with E-state index in [-0.39, 0.29) is 28.2 Å². The Kier molecular flexibility index (Phi) is 9.89. The zero-order valence-electron chi connectivity index (χ0n) is 22.7. The van der Waals surface area contributed by atoms with Crippen molar-refractivity contribution in [3.63, 3.8) is 0 Å². The van der Waals surface area contributed by atoms with Crippen LogP contribution in [0, 0.1) is 18.6 Å². The Morgan fingerprint density at radius 3 is 2.23 bits per heavy atom. The van der Waals surface area contributed by atoms with Gasteiger partial charge in [-0.15, -0.1) is 0 Å². The minimum Gasteiger partial charge on any atom is -0.361 e. The fourth-order valence-electron chi connectivity index (χ4n) is 4.40. The molecule has 0 amide bonds. The molecule has 3 aromatic rings. The largest absolute Gasteiger partial charge is 0.417 e. The fraction of sp³-hybridized carbons (Fsp3) is 0.323. The summed E-state index contributed by atoms with van der Waals surface area (Å²) in [7, 11) is 1.60. The minimum absolute atomic E-state index is 0.0765. The molecule has 0 aliphatic carbocycles. The maximum absolute atomic E-state index is 14.1. The lowest BCUT2D eigenvalue weighted by molar-refractivity contribution is -0.137. The van der Waals surface area contributed by atoms with Gasteiger partial charge in [-0.3, -0.25) is 0 Å². The summed E-state index contributed by atoms with van der Waals surface area (Å²) >= 11 is 0. The minimum atomic E-state index is -4.57. The number of nitrogens with zero attached hydrogens (tertiary/aromatic N) is 2. The molecule has 4 rings (SSSR count). The van der Waals surface area contributed by atoms with Gasteiger partial charge >= 0.3 is 6.18 Å². The monoisotopic (exact) mass is 543 g/mol. The second kappa shape index (κ2) is 12.9. The molecular weight excluding hydrogens is 509 g/mol. The van der Waals surface area contributed by atoms with Crippen LogP contribution in [0.4, 0.5) is 27.6 Å². The van der Waals surface area contributed by atoms with Gasteiger partial charge in [0.15, 0.2) is 0 Å². The Hall–Kier alpha value is -3.68. The number of hydrogen-bond acceptors (Lipinski definition) is 3. The molecule has 0 saturated heterocycles. The Morgan fingerprint density at radius 1 is 0.974 bits per heavy atom. The molecule has 1 aliphatic heterocycles. The van der Waals surface area contributed by atoms with Crippen molar-refractivity contribution in [2.75, 3.05) is 7.05 Å². The topological polar surface area (TPSA) is 27.6 Å². The van der Waals surface area contributed by atoms with E-state index in [1.807, 2.05) is 0 Å². The molecule has 39 heavy (non-hydrogen) atoms. The van der Waals surface area contributed by atoms with E-state index in [2.05, 4.69) is 30.7 Å². The normalized spacial score (nSPS) is 14.6. The van der Waals surface area contributed by atoms with Gasteiger partial charge < -0.3 is 10.2 Å². The van der Waals surface area contributed by atoms with Crippen molar-refractivity contribution in [1.29, 1.82) is 0 Å². The smallest absolute Gasteiger partial charge is 0.361 e. The molecule has 1 unspecified atom stereocenters. The number of rotatable bonds is 7. The molecular formula is C31H34F5N3. The van der Waals surface area contributed by atoms with E-state index in [4.69, 9.17) is 0 Å². The molecule has 0 fully saturated rings. The van der Waals surface area contributed by atoms with E-state index in [0.29, 0.717) is 11.3 Å². The summed E-state index contributed by atoms with van der Waals surface area (Å²) in [4.78, 5) is 6.06. The highest BCUT2D eigenvalue weighted by Crippen LogP contribution is 2.38. The lowest BCUT2D eigenvalue weighted by Crippen LogP contribution is -2.42. The zero-order valence-corrected chi connectivity index (χ0v) is 22.7. The standard InChI is InChI=1S/C25H20F5N3.C6H14/c1-14-19(12-16(26)13-21(14)27)15(2)31-24-18-9-5-7-11-22(18)32-23(33(24)3)17-8-4-6-10-20(17)25(28,29)30;1-3-5-6-4-2/h4-13,24,31H,2H2,1,3H3;3-6H2,1-2H3. The highest BCUT2D eigenvalue weighted by Gasteiger charge is 2.37. The molecule has 1 atom stereocenters. The van der Waals surface area contributed by atoms with Crippen LogP contribution < -0.4 is 5.32 Å². The summed E-state index contributed by atoms with van der Waals surface area (Å²) in [5, 5.41) is 3.13. The molecule has 0 saturated carbocycles. The molecule has 8 heteroatoms. The number of alkyl halides is 3. The van der Waals surface area contributed by atoms with Gasteiger partial charge in [0, 0.05) is 35.5 Å². The van der Waals surface area contributed by atoms with E-state index in [0.717, 1.165) is 18.2 Å². The number of benzene rings is 3. The average molecular weight is 544 g/mol. The molecule has 1 N–H and O–H groups in total. The fourth-order valence-corrected chi connectivity index (χ4v) is 4.40. The van der Waals surface area contributed by atoms with Gasteiger partial charge in [-0.05, 0) is 30.7 Å². The van der Waals surface area contributed by atoms with Gasteiger partial charge in [0.2, 0.25) is 0 Å². The first-order chi connectivity index (χ1) is 18.5. The third kappa shape index (κ3) is 7.05. The number of para-hydroxylation sites is 1. The number of unbranched alkanes of at least 4 members (excludes halogenated alkanes) is 3. The van der Waals surface area contributed by atoms with E-state index in [9.17, 15) is 22.0 Å². The van der Waals surface area contributed by atoms with Crippen LogP contribution >= 0.6 is 0 Å². The Balaban J connectivity index is 0.000000631. The quantitative estimate of drug-likeness (QED) is 0.238. The number of amidine groups is 1. The molecule has 208 valence electrons. The summed E-state index contributed by atoms with van der Waals surface area (Å²) in [6.07, 6.45) is 0.280. The van der Waals surface area contributed by atoms with Crippen molar-refractivity contribution in [3.05, 3.63) is 107 Å². The highest BCUT2D eigenvalue weighted by molar-refractivity contribution is 6.03. The van der Waals surface area contributed by atoms with Gasteiger partial charge in [-0.25, -0.2) is 13.8 Å². The molecule has 1 aliphatic rings. The van der Waals surface area contributed by atoms with Crippen LogP contribution in [0.3, 0.4) is 0 Å². The summed E-state index contributed by atoms with van der Waals surface area (Å²) in [6, 6.07) is 14.2. The van der Waals surface area contributed by atoms with Crippen molar-refractivity contribution >= 4 is 17.2 Å². The number of fused-ring (bicyclic) bond motifs is 1. The molecule has 0 spiro atoms. The second-order valence-corrected chi connectivity index (χ2v) is 9.44. The molecule has 0 bridgehead atoms. The third-order valence-corrected chi connectivity index (χ3v) is 6.55. The summed E-state index contributed by atoms with van der Waals surface area (Å²) in [6.45, 7) is 9.90. The Bertz CT molecular complexity index is 1330. The van der Waals surface area contributed by atoms with E-state index in [1.54, 1.807) is 36.2 Å². The first-order valence-electron chi connectivity index (χ1n) is 13.0. The number of nitrogens with one attached hydrogen (secondary N) is 1. The number of aliphatic imine (C=N–C) groups is 1. The summed E-state index contributed by atoms with van der Waals surface area (Å²) in [5.74, 6) is -1.37. The predicted molar refractivity (Wildman–Crippen MR) is 148 cm³/mol. The van der Waals surface area contributed by atoms with Crippen LogP contribution in [0.5, 0.6) is 0 Å². The average Bonchev–Trinajstić information content (AvgIpc) is 2.90. The van der Waals surface area contributed by atoms with Gasteiger partial charge in [0.05, 0.1) is 11.3 Å². The second-order valence-electron chi connectivity index (χ2n) is 9.44. The zero-order chi connectivity index (χ0) is 28.7. The lowest BCUT2D eigenvalue weighted by Gasteiger charge is -2.37.